The maximum atomic E-state index is 13.1. The van der Waals surface area contributed by atoms with E-state index >= 15 is 0 Å². The van der Waals surface area contributed by atoms with Crippen LogP contribution in [0.1, 0.15) is 66.8 Å². The second-order valence-electron chi connectivity index (χ2n) is 10.2. The number of carbonyl (C=O) groups excluding carboxylic acids is 1. The summed E-state index contributed by atoms with van der Waals surface area (Å²) in [5.41, 5.74) is 2.77. The van der Waals surface area contributed by atoms with Crippen molar-refractivity contribution in [3.8, 4) is 0 Å². The van der Waals surface area contributed by atoms with Crippen LogP contribution in [0, 0.1) is 0 Å². The molecule has 4 rings (SSSR count). The van der Waals surface area contributed by atoms with Crippen molar-refractivity contribution < 1.29 is 9.53 Å². The van der Waals surface area contributed by atoms with Crippen molar-refractivity contribution >= 4 is 29.2 Å². The standard InChI is InChI=1S/C29H32Cl2N2O3/c1-29(2,3)36-28(35)22-13-11-20(12-14-22)15-17-33-26(23(30)18-24(31)27(33)34)19-32-16-7-10-25(32)21-8-5-4-6-9-21/h4-6,8-9,11-14,18,25H,7,10,15-17,19H2,1-3H3. The van der Waals surface area contributed by atoms with Crippen LogP contribution in [0.2, 0.25) is 10.0 Å². The topological polar surface area (TPSA) is 51.5 Å². The van der Waals surface area contributed by atoms with Crippen molar-refractivity contribution in [2.45, 2.75) is 64.8 Å². The van der Waals surface area contributed by atoms with Gasteiger partial charge in [0.15, 0.2) is 0 Å². The van der Waals surface area contributed by atoms with Crippen LogP contribution >= 0.6 is 23.2 Å². The molecule has 3 aromatic rings. The lowest BCUT2D eigenvalue weighted by molar-refractivity contribution is 0.00695. The summed E-state index contributed by atoms with van der Waals surface area (Å²) in [5.74, 6) is -0.354. The van der Waals surface area contributed by atoms with Gasteiger partial charge < -0.3 is 9.30 Å². The Hall–Kier alpha value is -2.60. The molecule has 1 saturated heterocycles. The van der Waals surface area contributed by atoms with Crippen molar-refractivity contribution in [2.75, 3.05) is 6.54 Å². The molecule has 2 aromatic carbocycles. The highest BCUT2D eigenvalue weighted by molar-refractivity contribution is 6.34. The molecule has 7 heteroatoms. The molecule has 1 unspecified atom stereocenters. The quantitative estimate of drug-likeness (QED) is 0.321. The summed E-state index contributed by atoms with van der Waals surface area (Å²) < 4.78 is 7.14. The van der Waals surface area contributed by atoms with E-state index in [4.69, 9.17) is 27.9 Å². The van der Waals surface area contributed by atoms with Gasteiger partial charge in [0.05, 0.1) is 16.3 Å². The smallest absolute Gasteiger partial charge is 0.338 e. The minimum Gasteiger partial charge on any atom is -0.456 e. The summed E-state index contributed by atoms with van der Waals surface area (Å²) in [6.45, 7) is 7.48. The number of nitrogens with zero attached hydrogens (tertiary/aromatic N) is 2. The highest BCUT2D eigenvalue weighted by atomic mass is 35.5. The zero-order valence-electron chi connectivity index (χ0n) is 21.0. The normalized spacial score (nSPS) is 16.3. The Bertz CT molecular complexity index is 1260. The second kappa shape index (κ2) is 11.2. The molecule has 0 saturated carbocycles. The first kappa shape index (κ1) is 26.5. The molecule has 0 aliphatic carbocycles. The van der Waals surface area contributed by atoms with Crippen LogP contribution < -0.4 is 5.56 Å². The van der Waals surface area contributed by atoms with Gasteiger partial charge in [-0.3, -0.25) is 9.69 Å². The highest BCUT2D eigenvalue weighted by Gasteiger charge is 2.28. The molecular weight excluding hydrogens is 495 g/mol. The van der Waals surface area contributed by atoms with Gasteiger partial charge in [-0.1, -0.05) is 65.7 Å². The first-order valence-corrected chi connectivity index (χ1v) is 13.1. The largest absolute Gasteiger partial charge is 0.456 e. The number of benzene rings is 2. The van der Waals surface area contributed by atoms with E-state index in [1.165, 1.54) is 5.56 Å². The Morgan fingerprint density at radius 3 is 2.39 bits per heavy atom. The number of rotatable bonds is 7. The van der Waals surface area contributed by atoms with Crippen molar-refractivity contribution in [3.05, 3.63) is 103 Å². The van der Waals surface area contributed by atoms with Gasteiger partial charge in [-0.05, 0) is 75.9 Å². The molecule has 0 spiro atoms. The number of hydrogen-bond donors (Lipinski definition) is 0. The maximum absolute atomic E-state index is 13.1. The minimum atomic E-state index is -0.548. The number of likely N-dealkylation sites (tertiary alicyclic amines) is 1. The van der Waals surface area contributed by atoms with Gasteiger partial charge in [-0.15, -0.1) is 0 Å². The molecule has 1 atom stereocenters. The van der Waals surface area contributed by atoms with Crippen molar-refractivity contribution in [2.24, 2.45) is 0 Å². The summed E-state index contributed by atoms with van der Waals surface area (Å²) in [6.07, 6.45) is 2.77. The Kier molecular flexibility index (Phi) is 8.23. The van der Waals surface area contributed by atoms with Crippen LogP contribution in [0.5, 0.6) is 0 Å². The van der Waals surface area contributed by atoms with Crippen LogP contribution in [0.3, 0.4) is 0 Å². The van der Waals surface area contributed by atoms with Gasteiger partial charge in [0.25, 0.3) is 5.56 Å². The van der Waals surface area contributed by atoms with Crippen LogP contribution in [-0.4, -0.2) is 27.6 Å². The Morgan fingerprint density at radius 2 is 1.72 bits per heavy atom. The lowest BCUT2D eigenvalue weighted by atomic mass is 10.0. The van der Waals surface area contributed by atoms with Gasteiger partial charge in [-0.2, -0.15) is 0 Å². The molecule has 2 heterocycles. The predicted octanol–water partition coefficient (Wildman–Crippen LogP) is 6.69. The maximum Gasteiger partial charge on any atom is 0.338 e. The lowest BCUT2D eigenvalue weighted by Gasteiger charge is -2.27. The molecule has 190 valence electrons. The number of carbonyl (C=O) groups is 1. The van der Waals surface area contributed by atoms with Gasteiger partial charge in [0, 0.05) is 19.1 Å². The summed E-state index contributed by atoms with van der Waals surface area (Å²) in [5, 5.41) is 0.614. The summed E-state index contributed by atoms with van der Waals surface area (Å²) >= 11 is 12.9. The third kappa shape index (κ3) is 6.39. The van der Waals surface area contributed by atoms with E-state index in [2.05, 4.69) is 29.2 Å². The first-order chi connectivity index (χ1) is 17.1. The average molecular weight is 527 g/mol. The molecule has 1 fully saturated rings. The van der Waals surface area contributed by atoms with E-state index in [0.29, 0.717) is 36.1 Å². The molecule has 0 radical (unpaired) electrons. The highest BCUT2D eigenvalue weighted by Crippen LogP contribution is 2.34. The van der Waals surface area contributed by atoms with Gasteiger partial charge in [-0.25, -0.2) is 4.79 Å². The summed E-state index contributed by atoms with van der Waals surface area (Å²) in [4.78, 5) is 27.7. The predicted molar refractivity (Wildman–Crippen MR) is 145 cm³/mol. The van der Waals surface area contributed by atoms with Crippen molar-refractivity contribution in [3.63, 3.8) is 0 Å². The molecule has 1 aliphatic rings. The van der Waals surface area contributed by atoms with Crippen LogP contribution in [0.4, 0.5) is 0 Å². The average Bonchev–Trinajstić information content (AvgIpc) is 3.30. The van der Waals surface area contributed by atoms with E-state index in [9.17, 15) is 9.59 Å². The fourth-order valence-electron chi connectivity index (χ4n) is 4.68. The van der Waals surface area contributed by atoms with Gasteiger partial charge >= 0.3 is 5.97 Å². The minimum absolute atomic E-state index is 0.116. The molecule has 0 amide bonds. The van der Waals surface area contributed by atoms with Gasteiger partial charge in [0.2, 0.25) is 0 Å². The number of halogens is 2. The Morgan fingerprint density at radius 1 is 1.03 bits per heavy atom. The van der Waals surface area contributed by atoms with Crippen LogP contribution in [0.25, 0.3) is 0 Å². The number of aryl methyl sites for hydroxylation is 1. The van der Waals surface area contributed by atoms with Gasteiger partial charge in [0.1, 0.15) is 10.6 Å². The molecule has 5 nitrogen and oxygen atoms in total. The van der Waals surface area contributed by atoms with Crippen molar-refractivity contribution in [1.29, 1.82) is 0 Å². The molecule has 36 heavy (non-hydrogen) atoms. The molecule has 1 aromatic heterocycles. The molecule has 1 aliphatic heterocycles. The molecule has 0 N–H and O–H groups in total. The van der Waals surface area contributed by atoms with E-state index in [1.807, 2.05) is 39.0 Å². The van der Waals surface area contributed by atoms with Crippen LogP contribution in [0.15, 0.2) is 65.5 Å². The zero-order valence-corrected chi connectivity index (χ0v) is 22.5. The van der Waals surface area contributed by atoms with E-state index in [-0.39, 0.29) is 16.6 Å². The molecule has 0 bridgehead atoms. The summed E-state index contributed by atoms with van der Waals surface area (Å²) in [7, 11) is 0. The number of hydrogen-bond acceptors (Lipinski definition) is 4. The zero-order chi connectivity index (χ0) is 25.9. The third-order valence-corrected chi connectivity index (χ3v) is 7.02. The number of ether oxygens (including phenoxy) is 1. The van der Waals surface area contributed by atoms with E-state index < -0.39 is 5.60 Å². The lowest BCUT2D eigenvalue weighted by Crippen LogP contribution is -2.31. The van der Waals surface area contributed by atoms with Crippen LogP contribution in [-0.2, 0) is 24.2 Å². The first-order valence-electron chi connectivity index (χ1n) is 12.3. The Balaban J connectivity index is 1.53. The second-order valence-corrected chi connectivity index (χ2v) is 11.0. The number of esters is 1. The monoisotopic (exact) mass is 526 g/mol. The third-order valence-electron chi connectivity index (χ3n) is 6.42. The van der Waals surface area contributed by atoms with E-state index in [1.54, 1.807) is 22.8 Å². The van der Waals surface area contributed by atoms with Crippen molar-refractivity contribution in [1.82, 2.24) is 9.47 Å². The SMILES string of the molecule is CC(C)(C)OC(=O)c1ccc(CCn2c(CN3CCCC3c3ccccc3)c(Cl)cc(Cl)c2=O)cc1. The summed E-state index contributed by atoms with van der Waals surface area (Å²) in [6, 6.07) is 19.6. The Labute approximate surface area is 222 Å². The van der Waals surface area contributed by atoms with E-state index in [0.717, 1.165) is 30.6 Å². The molecular formula is C29H32Cl2N2O3. The fraction of sp³-hybridized carbons (Fsp3) is 0.379. The fourth-order valence-corrected chi connectivity index (χ4v) is 5.22. The number of pyridine rings is 1. The number of aromatic nitrogens is 1.